The third-order valence-electron chi connectivity index (χ3n) is 7.37. The average Bonchev–Trinajstić information content (AvgIpc) is 3.11. The SMILES string of the molecule is C=C(C(=O)OC)[C@@H]1CC[C@@](C)(O)[C@@H]2CC[C@@](C)(O2)[C@@H](OC(C)=O)CC[C@]2(C)O[C@@H]2C1. The number of epoxide rings is 1. The lowest BCUT2D eigenvalue weighted by molar-refractivity contribution is -0.184. The van der Waals surface area contributed by atoms with Crippen LogP contribution in [-0.4, -0.2) is 59.3 Å². The number of carbonyl (C=O) groups is 2. The van der Waals surface area contributed by atoms with Crippen molar-refractivity contribution in [1.82, 2.24) is 0 Å². The smallest absolute Gasteiger partial charge is 0.333 e. The number of ether oxygens (including phenoxy) is 4. The van der Waals surface area contributed by atoms with E-state index in [-0.39, 0.29) is 29.7 Å². The highest BCUT2D eigenvalue weighted by Crippen LogP contribution is 2.49. The van der Waals surface area contributed by atoms with Crippen molar-refractivity contribution >= 4 is 11.9 Å². The highest BCUT2D eigenvalue weighted by atomic mass is 16.6. The second kappa shape index (κ2) is 8.24. The zero-order valence-corrected chi connectivity index (χ0v) is 18.9. The molecule has 3 aliphatic rings. The summed E-state index contributed by atoms with van der Waals surface area (Å²) < 4.78 is 22.9. The van der Waals surface area contributed by atoms with Crippen molar-refractivity contribution < 1.29 is 33.6 Å². The summed E-state index contributed by atoms with van der Waals surface area (Å²) in [6.45, 7) is 11.2. The van der Waals surface area contributed by atoms with Gasteiger partial charge in [-0.2, -0.15) is 0 Å². The summed E-state index contributed by atoms with van der Waals surface area (Å²) in [5.41, 5.74) is -1.65. The van der Waals surface area contributed by atoms with E-state index < -0.39 is 23.3 Å². The molecule has 3 fully saturated rings. The van der Waals surface area contributed by atoms with E-state index in [0.717, 1.165) is 0 Å². The van der Waals surface area contributed by atoms with Crippen LogP contribution in [0.15, 0.2) is 12.2 Å². The lowest BCUT2D eigenvalue weighted by Crippen LogP contribution is -2.46. The standard InChI is InChI=1S/C23H36O7/c1-14(20(25)27-6)16-7-10-21(3,26)17-8-11-22(4,29-17)18(28-15(2)24)9-12-23(5)19(13-16)30-23/h16-19,26H,1,7-13H2,2-6H3/t16-,17+,18+,19-,21-,22-,23+/m1/s1. The maximum Gasteiger partial charge on any atom is 0.333 e. The predicted octanol–water partition coefficient (Wildman–Crippen LogP) is 3.07. The van der Waals surface area contributed by atoms with Crippen molar-refractivity contribution in [2.75, 3.05) is 7.11 Å². The Morgan fingerprint density at radius 3 is 2.27 bits per heavy atom. The molecule has 30 heavy (non-hydrogen) atoms. The molecule has 0 saturated carbocycles. The average molecular weight is 425 g/mol. The second-order valence-corrected chi connectivity index (χ2v) is 9.86. The molecular weight excluding hydrogens is 388 g/mol. The highest BCUT2D eigenvalue weighted by Gasteiger charge is 2.56. The molecule has 0 unspecified atom stereocenters. The summed E-state index contributed by atoms with van der Waals surface area (Å²) in [7, 11) is 1.35. The minimum Gasteiger partial charge on any atom is -0.466 e. The fourth-order valence-corrected chi connectivity index (χ4v) is 5.07. The molecule has 7 atom stereocenters. The zero-order valence-electron chi connectivity index (χ0n) is 18.9. The Morgan fingerprint density at radius 2 is 1.63 bits per heavy atom. The van der Waals surface area contributed by atoms with E-state index in [1.165, 1.54) is 14.0 Å². The molecule has 0 amide bonds. The summed E-state index contributed by atoms with van der Waals surface area (Å²) in [4.78, 5) is 23.9. The molecule has 3 aliphatic heterocycles. The molecule has 1 N–H and O–H groups in total. The van der Waals surface area contributed by atoms with Crippen LogP contribution >= 0.6 is 0 Å². The van der Waals surface area contributed by atoms with Crippen LogP contribution in [0, 0.1) is 5.92 Å². The van der Waals surface area contributed by atoms with E-state index in [1.807, 2.05) is 6.92 Å². The van der Waals surface area contributed by atoms with Gasteiger partial charge < -0.3 is 24.1 Å². The largest absolute Gasteiger partial charge is 0.466 e. The molecule has 2 bridgehead atoms. The van der Waals surface area contributed by atoms with Crippen LogP contribution < -0.4 is 0 Å². The quantitative estimate of drug-likeness (QED) is 0.423. The molecule has 0 aromatic rings. The first-order valence-corrected chi connectivity index (χ1v) is 10.9. The molecule has 3 saturated heterocycles. The van der Waals surface area contributed by atoms with Gasteiger partial charge in [-0.25, -0.2) is 4.79 Å². The fourth-order valence-electron chi connectivity index (χ4n) is 5.07. The Labute approximate surface area is 179 Å². The number of methoxy groups -OCH3 is 1. The Hall–Kier alpha value is -1.44. The molecule has 3 heterocycles. The lowest BCUT2D eigenvalue weighted by Gasteiger charge is -2.37. The lowest BCUT2D eigenvalue weighted by atomic mass is 9.81. The Morgan fingerprint density at radius 1 is 1.00 bits per heavy atom. The van der Waals surface area contributed by atoms with Crippen LogP contribution in [0.1, 0.15) is 72.6 Å². The van der Waals surface area contributed by atoms with Gasteiger partial charge >= 0.3 is 11.9 Å². The molecule has 0 spiro atoms. The number of hydrogen-bond donors (Lipinski definition) is 1. The van der Waals surface area contributed by atoms with Crippen LogP contribution in [0.4, 0.5) is 0 Å². The van der Waals surface area contributed by atoms with Crippen LogP contribution in [0.5, 0.6) is 0 Å². The predicted molar refractivity (Wildman–Crippen MR) is 110 cm³/mol. The van der Waals surface area contributed by atoms with E-state index in [1.54, 1.807) is 6.92 Å². The first kappa shape index (κ1) is 23.2. The molecule has 0 aromatic heterocycles. The summed E-state index contributed by atoms with van der Waals surface area (Å²) in [6, 6.07) is 0. The van der Waals surface area contributed by atoms with Crippen LogP contribution in [0.3, 0.4) is 0 Å². The third kappa shape index (κ3) is 4.73. The molecular formula is C23H36O7. The van der Waals surface area contributed by atoms with Gasteiger partial charge in [0.2, 0.25) is 0 Å². The Balaban J connectivity index is 1.86. The first-order chi connectivity index (χ1) is 13.9. The van der Waals surface area contributed by atoms with Gasteiger partial charge in [0.25, 0.3) is 0 Å². The first-order valence-electron chi connectivity index (χ1n) is 10.9. The van der Waals surface area contributed by atoms with Crippen molar-refractivity contribution in [2.45, 2.75) is 108 Å². The fraction of sp³-hybridized carbons (Fsp3) is 0.826. The van der Waals surface area contributed by atoms with E-state index in [0.29, 0.717) is 50.5 Å². The molecule has 3 rings (SSSR count). The second-order valence-electron chi connectivity index (χ2n) is 9.86. The molecule has 7 nitrogen and oxygen atoms in total. The van der Waals surface area contributed by atoms with Gasteiger partial charge in [0, 0.05) is 12.5 Å². The third-order valence-corrected chi connectivity index (χ3v) is 7.37. The number of aliphatic hydroxyl groups is 1. The van der Waals surface area contributed by atoms with Crippen LogP contribution in [0.25, 0.3) is 0 Å². The highest BCUT2D eigenvalue weighted by molar-refractivity contribution is 5.88. The van der Waals surface area contributed by atoms with E-state index in [9.17, 15) is 14.7 Å². The van der Waals surface area contributed by atoms with Crippen LogP contribution in [0.2, 0.25) is 0 Å². The Kier molecular flexibility index (Phi) is 6.38. The van der Waals surface area contributed by atoms with Crippen molar-refractivity contribution in [2.24, 2.45) is 5.92 Å². The van der Waals surface area contributed by atoms with Crippen molar-refractivity contribution in [3.63, 3.8) is 0 Å². The minimum absolute atomic E-state index is 0.0153. The van der Waals surface area contributed by atoms with Crippen LogP contribution in [-0.2, 0) is 28.5 Å². The summed E-state index contributed by atoms with van der Waals surface area (Å²) in [6.07, 6.45) is 3.60. The monoisotopic (exact) mass is 424 g/mol. The number of fused-ring (bicyclic) bond motifs is 3. The van der Waals surface area contributed by atoms with Gasteiger partial charge in [-0.05, 0) is 71.6 Å². The number of hydrogen-bond acceptors (Lipinski definition) is 7. The zero-order chi connectivity index (χ0) is 22.3. The summed E-state index contributed by atoms with van der Waals surface area (Å²) in [5.74, 6) is -0.906. The number of carbonyl (C=O) groups excluding carboxylic acids is 2. The molecule has 0 radical (unpaired) electrons. The van der Waals surface area contributed by atoms with E-state index in [4.69, 9.17) is 18.9 Å². The van der Waals surface area contributed by atoms with E-state index in [2.05, 4.69) is 13.5 Å². The maximum atomic E-state index is 12.1. The topological polar surface area (TPSA) is 94.6 Å². The number of rotatable bonds is 3. The molecule has 0 aliphatic carbocycles. The molecule has 7 heteroatoms. The Bertz CT molecular complexity index is 702. The van der Waals surface area contributed by atoms with Crippen molar-refractivity contribution in [3.8, 4) is 0 Å². The van der Waals surface area contributed by atoms with Crippen molar-refractivity contribution in [1.29, 1.82) is 0 Å². The van der Waals surface area contributed by atoms with Gasteiger partial charge in [0.1, 0.15) is 11.7 Å². The summed E-state index contributed by atoms with van der Waals surface area (Å²) >= 11 is 0. The maximum absolute atomic E-state index is 12.1. The van der Waals surface area contributed by atoms with E-state index >= 15 is 0 Å². The minimum atomic E-state index is -1.07. The number of esters is 2. The van der Waals surface area contributed by atoms with Crippen molar-refractivity contribution in [3.05, 3.63) is 12.2 Å². The van der Waals surface area contributed by atoms with Gasteiger partial charge in [0.15, 0.2) is 0 Å². The van der Waals surface area contributed by atoms with Gasteiger partial charge in [-0.3, -0.25) is 4.79 Å². The molecule has 0 aromatic carbocycles. The molecule has 170 valence electrons. The summed E-state index contributed by atoms with van der Waals surface area (Å²) in [5, 5.41) is 11.2. The normalized spacial score (nSPS) is 43.9. The van der Waals surface area contributed by atoms with Gasteiger partial charge in [0.05, 0.1) is 30.5 Å². The van der Waals surface area contributed by atoms with Gasteiger partial charge in [-0.1, -0.05) is 6.58 Å². The van der Waals surface area contributed by atoms with Gasteiger partial charge in [-0.15, -0.1) is 0 Å².